The molecule has 0 aromatic heterocycles. The molecule has 0 bridgehead atoms. The monoisotopic (exact) mass is 333 g/mol. The molecule has 0 heterocycles. The molecule has 0 unspecified atom stereocenters. The van der Waals surface area contributed by atoms with Crippen LogP contribution < -0.4 is 4.72 Å². The van der Waals surface area contributed by atoms with Gasteiger partial charge in [0, 0.05) is 12.5 Å². The summed E-state index contributed by atoms with van der Waals surface area (Å²) in [7, 11) is -3.65. The lowest BCUT2D eigenvalue weighted by molar-refractivity contribution is 0.195. The van der Waals surface area contributed by atoms with E-state index in [-0.39, 0.29) is 17.4 Å². The Hall–Kier alpha value is -1.69. The van der Waals surface area contributed by atoms with Crippen LogP contribution in [0.5, 0.6) is 0 Å². The smallest absolute Gasteiger partial charge is 0.241 e. The van der Waals surface area contributed by atoms with Gasteiger partial charge in [-0.15, -0.1) is 0 Å². The fourth-order valence-corrected chi connectivity index (χ4v) is 3.81. The molecule has 0 fully saturated rings. The molecule has 2 N–H and O–H groups in total. The Kier molecular flexibility index (Phi) is 5.93. The lowest BCUT2D eigenvalue weighted by atomic mass is 9.92. The van der Waals surface area contributed by atoms with E-state index >= 15 is 0 Å². The second-order valence-corrected chi connectivity index (χ2v) is 7.39. The molecule has 124 valence electrons. The quantitative estimate of drug-likeness (QED) is 0.818. The first kappa shape index (κ1) is 17.7. The van der Waals surface area contributed by atoms with Crippen molar-refractivity contribution in [2.45, 2.75) is 31.2 Å². The van der Waals surface area contributed by atoms with Crippen LogP contribution in [-0.2, 0) is 10.0 Å². The molecular weight excluding hydrogens is 310 g/mol. The molecule has 0 aliphatic carbocycles. The molecule has 0 spiro atoms. The number of aliphatic hydroxyl groups excluding tert-OH is 1. The van der Waals surface area contributed by atoms with Crippen molar-refractivity contribution in [1.82, 2.24) is 4.72 Å². The van der Waals surface area contributed by atoms with E-state index in [1.165, 1.54) is 0 Å². The van der Waals surface area contributed by atoms with E-state index in [1.54, 1.807) is 24.3 Å². The molecule has 2 atom stereocenters. The Bertz CT molecular complexity index is 708. The molecule has 5 heteroatoms. The highest BCUT2D eigenvalue weighted by Gasteiger charge is 2.27. The summed E-state index contributed by atoms with van der Waals surface area (Å²) in [4.78, 5) is 0.233. The van der Waals surface area contributed by atoms with Crippen molar-refractivity contribution in [3.05, 3.63) is 65.7 Å². The lowest BCUT2D eigenvalue weighted by Gasteiger charge is -2.26. The summed E-state index contributed by atoms with van der Waals surface area (Å²) in [6.45, 7) is 3.78. The van der Waals surface area contributed by atoms with E-state index in [1.807, 2.05) is 44.2 Å². The normalized spacial score (nSPS) is 14.4. The molecule has 0 saturated heterocycles. The number of hydrogen-bond donors (Lipinski definition) is 2. The topological polar surface area (TPSA) is 66.4 Å². The SMILES string of the molecule is CC[C@@H](CO)[C@H](NS(=O)(=O)c1ccc(C)cc1)c1ccccc1. The maximum atomic E-state index is 12.7. The molecule has 2 aromatic rings. The van der Waals surface area contributed by atoms with Crippen molar-refractivity contribution >= 4 is 10.0 Å². The van der Waals surface area contributed by atoms with E-state index in [4.69, 9.17) is 0 Å². The summed E-state index contributed by atoms with van der Waals surface area (Å²) >= 11 is 0. The molecular formula is C18H23NO3S. The predicted molar refractivity (Wildman–Crippen MR) is 91.6 cm³/mol. The Morgan fingerprint density at radius 2 is 1.65 bits per heavy atom. The van der Waals surface area contributed by atoms with E-state index in [0.717, 1.165) is 11.1 Å². The highest BCUT2D eigenvalue weighted by Crippen LogP contribution is 2.26. The van der Waals surface area contributed by atoms with Gasteiger partial charge in [-0.2, -0.15) is 0 Å². The first-order chi connectivity index (χ1) is 11.0. The number of aryl methyl sites for hydroxylation is 1. The van der Waals surface area contributed by atoms with Crippen LogP contribution in [-0.4, -0.2) is 20.1 Å². The first-order valence-electron chi connectivity index (χ1n) is 7.72. The zero-order valence-electron chi connectivity index (χ0n) is 13.4. The molecule has 0 radical (unpaired) electrons. The number of hydrogen-bond acceptors (Lipinski definition) is 3. The van der Waals surface area contributed by atoms with Gasteiger partial charge in [0.15, 0.2) is 0 Å². The van der Waals surface area contributed by atoms with Crippen molar-refractivity contribution in [2.75, 3.05) is 6.61 Å². The molecule has 0 saturated carbocycles. The number of benzene rings is 2. The largest absolute Gasteiger partial charge is 0.396 e. The molecule has 23 heavy (non-hydrogen) atoms. The van der Waals surface area contributed by atoms with Gasteiger partial charge < -0.3 is 5.11 Å². The fraction of sp³-hybridized carbons (Fsp3) is 0.333. The first-order valence-corrected chi connectivity index (χ1v) is 9.21. The van der Waals surface area contributed by atoms with Crippen LogP contribution in [0.4, 0.5) is 0 Å². The van der Waals surface area contributed by atoms with Crippen molar-refractivity contribution < 1.29 is 13.5 Å². The second-order valence-electron chi connectivity index (χ2n) is 5.67. The van der Waals surface area contributed by atoms with Crippen LogP contribution in [0.2, 0.25) is 0 Å². The molecule has 2 aromatic carbocycles. The van der Waals surface area contributed by atoms with Gasteiger partial charge in [-0.1, -0.05) is 55.0 Å². The van der Waals surface area contributed by atoms with Gasteiger partial charge in [-0.25, -0.2) is 13.1 Å². The Morgan fingerprint density at radius 3 is 2.17 bits per heavy atom. The van der Waals surface area contributed by atoms with Crippen LogP contribution in [0.1, 0.15) is 30.5 Å². The van der Waals surface area contributed by atoms with E-state index in [9.17, 15) is 13.5 Å². The van der Waals surface area contributed by atoms with Crippen LogP contribution in [0.25, 0.3) is 0 Å². The minimum atomic E-state index is -3.65. The van der Waals surface area contributed by atoms with Crippen molar-refractivity contribution in [3.8, 4) is 0 Å². The van der Waals surface area contributed by atoms with Gasteiger partial charge >= 0.3 is 0 Å². The van der Waals surface area contributed by atoms with Gasteiger partial charge in [0.05, 0.1) is 10.9 Å². The third-order valence-corrected chi connectivity index (χ3v) is 5.46. The minimum Gasteiger partial charge on any atom is -0.396 e. The number of rotatable bonds is 7. The highest BCUT2D eigenvalue weighted by molar-refractivity contribution is 7.89. The van der Waals surface area contributed by atoms with Crippen molar-refractivity contribution in [2.24, 2.45) is 5.92 Å². The standard InChI is InChI=1S/C18H23NO3S/c1-3-15(13-20)18(16-7-5-4-6-8-16)19-23(21,22)17-11-9-14(2)10-12-17/h4-12,15,18-20H,3,13H2,1-2H3/t15-,18-/m0/s1. The molecule has 0 aliphatic rings. The van der Waals surface area contributed by atoms with E-state index in [0.29, 0.717) is 6.42 Å². The third-order valence-electron chi connectivity index (χ3n) is 4.00. The predicted octanol–water partition coefficient (Wildman–Crippen LogP) is 3.03. The van der Waals surface area contributed by atoms with E-state index in [2.05, 4.69) is 4.72 Å². The number of sulfonamides is 1. The lowest BCUT2D eigenvalue weighted by Crippen LogP contribution is -2.34. The second kappa shape index (κ2) is 7.73. The van der Waals surface area contributed by atoms with Crippen LogP contribution in [0.3, 0.4) is 0 Å². The summed E-state index contributed by atoms with van der Waals surface area (Å²) in [5.74, 6) is -0.183. The fourth-order valence-electron chi connectivity index (χ4n) is 2.52. The Balaban J connectivity index is 2.35. The molecule has 2 rings (SSSR count). The summed E-state index contributed by atoms with van der Waals surface area (Å²) in [6, 6.07) is 15.7. The van der Waals surface area contributed by atoms with Crippen molar-refractivity contribution in [3.63, 3.8) is 0 Å². The average Bonchev–Trinajstić information content (AvgIpc) is 2.56. The number of nitrogens with one attached hydrogen (secondary N) is 1. The number of aliphatic hydroxyl groups is 1. The van der Waals surface area contributed by atoms with Gasteiger partial charge in [-0.3, -0.25) is 0 Å². The Labute approximate surface area is 138 Å². The van der Waals surface area contributed by atoms with Gasteiger partial charge in [0.1, 0.15) is 0 Å². The van der Waals surface area contributed by atoms with Gasteiger partial charge in [0.2, 0.25) is 10.0 Å². The maximum Gasteiger partial charge on any atom is 0.241 e. The van der Waals surface area contributed by atoms with Crippen LogP contribution >= 0.6 is 0 Å². The summed E-state index contributed by atoms with van der Waals surface area (Å²) < 4.78 is 28.1. The van der Waals surface area contributed by atoms with Crippen LogP contribution in [0, 0.1) is 12.8 Å². The molecule has 4 nitrogen and oxygen atoms in total. The van der Waals surface area contributed by atoms with Gasteiger partial charge in [0.25, 0.3) is 0 Å². The maximum absolute atomic E-state index is 12.7. The molecule has 0 aliphatic heterocycles. The molecule has 0 amide bonds. The summed E-state index contributed by atoms with van der Waals surface area (Å²) in [6.07, 6.45) is 0.673. The van der Waals surface area contributed by atoms with Crippen molar-refractivity contribution in [1.29, 1.82) is 0 Å². The highest BCUT2D eigenvalue weighted by atomic mass is 32.2. The minimum absolute atomic E-state index is 0.0769. The zero-order chi connectivity index (χ0) is 16.9. The summed E-state index contributed by atoms with van der Waals surface area (Å²) in [5, 5.41) is 9.63. The van der Waals surface area contributed by atoms with Gasteiger partial charge in [-0.05, 0) is 31.0 Å². The van der Waals surface area contributed by atoms with E-state index < -0.39 is 16.1 Å². The Morgan fingerprint density at radius 1 is 1.04 bits per heavy atom. The third kappa shape index (κ3) is 4.41. The summed E-state index contributed by atoms with van der Waals surface area (Å²) in [5.41, 5.74) is 1.86. The average molecular weight is 333 g/mol. The zero-order valence-corrected chi connectivity index (χ0v) is 14.3. The van der Waals surface area contributed by atoms with Crippen LogP contribution in [0.15, 0.2) is 59.5 Å².